The summed E-state index contributed by atoms with van der Waals surface area (Å²) in [5.41, 5.74) is 35.1. The van der Waals surface area contributed by atoms with Crippen LogP contribution in [0.4, 0.5) is 51.2 Å². The summed E-state index contributed by atoms with van der Waals surface area (Å²) in [5.74, 6) is 0. The highest BCUT2D eigenvalue weighted by Gasteiger charge is 2.47. The highest BCUT2D eigenvalue weighted by molar-refractivity contribution is 5.93. The molecule has 0 N–H and O–H groups in total. The maximum Gasteiger partial charge on any atom is 0.0742 e. The maximum absolute atomic E-state index is 2.52. The van der Waals surface area contributed by atoms with E-state index in [0.717, 1.165) is 34.1 Å². The molecule has 84 heavy (non-hydrogen) atoms. The van der Waals surface area contributed by atoms with Crippen LogP contribution in [0.5, 0.6) is 0 Å². The molecule has 0 atom stereocenters. The van der Waals surface area contributed by atoms with Gasteiger partial charge in [-0.3, -0.25) is 0 Å². The van der Waals surface area contributed by atoms with E-state index in [-0.39, 0.29) is 10.8 Å². The second kappa shape index (κ2) is 19.5. The molecule has 0 amide bonds. The van der Waals surface area contributed by atoms with Crippen molar-refractivity contribution in [2.45, 2.75) is 99.3 Å². The van der Waals surface area contributed by atoms with E-state index in [9.17, 15) is 0 Å². The minimum absolute atomic E-state index is 0.151. The van der Waals surface area contributed by atoms with E-state index < -0.39 is 5.41 Å². The lowest BCUT2D eigenvalue weighted by atomic mass is 9.62. The van der Waals surface area contributed by atoms with Gasteiger partial charge >= 0.3 is 0 Å². The SMILES string of the molecule is Cc1ccc(N2c3ccccc3C(c3ccc(N(c4ccc5c(c4)C(C)(C)c4ccccc4-5)c4c(C)ccc(C)c4C)cc3)(c3ccc(N(c4ccc5c(c4)C(C)(C)c4ccccc4-5)c4c(C)ccc(C)c4C)cc3)c3cc(C)ccc32)cc1. The first-order valence-corrected chi connectivity index (χ1v) is 30.0. The zero-order chi connectivity index (χ0) is 58.1. The third-order valence-electron chi connectivity index (χ3n) is 19.7. The average molecular weight is 1090 g/mol. The Morgan fingerprint density at radius 1 is 0.298 bits per heavy atom. The normalized spacial score (nSPS) is 14.5. The summed E-state index contributed by atoms with van der Waals surface area (Å²) in [6.07, 6.45) is 0. The fourth-order valence-corrected chi connectivity index (χ4v) is 14.9. The number of anilines is 9. The Kier molecular flexibility index (Phi) is 12.2. The topological polar surface area (TPSA) is 9.72 Å². The van der Waals surface area contributed by atoms with Crippen molar-refractivity contribution in [1.29, 1.82) is 0 Å². The molecule has 1 heterocycles. The van der Waals surface area contributed by atoms with Gasteiger partial charge in [-0.25, -0.2) is 0 Å². The van der Waals surface area contributed by atoms with Crippen LogP contribution >= 0.6 is 0 Å². The van der Waals surface area contributed by atoms with Gasteiger partial charge in [-0.15, -0.1) is 0 Å². The molecule has 0 radical (unpaired) electrons. The van der Waals surface area contributed by atoms with Crippen LogP contribution in [0.15, 0.2) is 224 Å². The predicted octanol–water partition coefficient (Wildman–Crippen LogP) is 21.9. The van der Waals surface area contributed by atoms with Crippen molar-refractivity contribution in [3.63, 3.8) is 0 Å². The highest BCUT2D eigenvalue weighted by Crippen LogP contribution is 2.60. The third-order valence-corrected chi connectivity index (χ3v) is 19.7. The molecule has 2 aliphatic carbocycles. The van der Waals surface area contributed by atoms with Gasteiger partial charge in [-0.05, 0) is 228 Å². The van der Waals surface area contributed by atoms with Crippen molar-refractivity contribution in [1.82, 2.24) is 0 Å². The van der Waals surface area contributed by atoms with E-state index in [1.807, 2.05) is 0 Å². The molecule has 3 nitrogen and oxygen atoms in total. The number of rotatable bonds is 9. The quantitative estimate of drug-likeness (QED) is 0.143. The van der Waals surface area contributed by atoms with Gasteiger partial charge in [0.1, 0.15) is 0 Å². The molecule has 0 bridgehead atoms. The molecular weight excluding hydrogens is 1010 g/mol. The number of hydrogen-bond acceptors (Lipinski definition) is 3. The molecular formula is C81H73N3. The first-order valence-electron chi connectivity index (χ1n) is 30.0. The summed E-state index contributed by atoms with van der Waals surface area (Å²) in [6.45, 7) is 27.5. The smallest absolute Gasteiger partial charge is 0.0742 e. The summed E-state index contributed by atoms with van der Waals surface area (Å²) >= 11 is 0. The van der Waals surface area contributed by atoms with Gasteiger partial charge < -0.3 is 14.7 Å². The van der Waals surface area contributed by atoms with Crippen LogP contribution in [0.25, 0.3) is 22.3 Å². The number of para-hydroxylation sites is 1. The van der Waals surface area contributed by atoms with E-state index in [4.69, 9.17) is 0 Å². The van der Waals surface area contributed by atoms with E-state index in [1.165, 1.54) is 128 Å². The van der Waals surface area contributed by atoms with Crippen LogP contribution < -0.4 is 14.7 Å². The van der Waals surface area contributed by atoms with Gasteiger partial charge in [0.25, 0.3) is 0 Å². The van der Waals surface area contributed by atoms with Crippen molar-refractivity contribution in [2.75, 3.05) is 14.7 Å². The second-order valence-electron chi connectivity index (χ2n) is 25.4. The van der Waals surface area contributed by atoms with Crippen LogP contribution in [0, 0.1) is 55.4 Å². The molecule has 412 valence electrons. The molecule has 11 aromatic carbocycles. The minimum atomic E-state index is -0.747. The number of hydrogen-bond donors (Lipinski definition) is 0. The number of aryl methyl sites for hydroxylation is 6. The van der Waals surface area contributed by atoms with Crippen molar-refractivity contribution in [3.05, 3.63) is 313 Å². The maximum atomic E-state index is 2.52. The molecule has 0 saturated heterocycles. The van der Waals surface area contributed by atoms with Gasteiger partial charge in [-0.2, -0.15) is 0 Å². The van der Waals surface area contributed by atoms with Crippen LogP contribution in [-0.2, 0) is 16.2 Å². The summed E-state index contributed by atoms with van der Waals surface area (Å²) < 4.78 is 0. The second-order valence-corrected chi connectivity index (χ2v) is 25.4. The van der Waals surface area contributed by atoms with Gasteiger partial charge in [0.15, 0.2) is 0 Å². The van der Waals surface area contributed by atoms with E-state index in [1.54, 1.807) is 0 Å². The summed E-state index contributed by atoms with van der Waals surface area (Å²) in [6, 6.07) is 85.9. The zero-order valence-electron chi connectivity index (χ0n) is 50.7. The monoisotopic (exact) mass is 1090 g/mol. The van der Waals surface area contributed by atoms with Crippen LogP contribution in [0.2, 0.25) is 0 Å². The molecule has 1 aliphatic heterocycles. The van der Waals surface area contributed by atoms with Gasteiger partial charge in [0.05, 0.1) is 28.2 Å². The molecule has 0 fully saturated rings. The van der Waals surface area contributed by atoms with Crippen molar-refractivity contribution in [2.24, 2.45) is 0 Å². The molecule has 3 heteroatoms. The van der Waals surface area contributed by atoms with Crippen molar-refractivity contribution < 1.29 is 0 Å². The first kappa shape index (κ1) is 52.9. The van der Waals surface area contributed by atoms with Gasteiger partial charge in [-0.1, -0.05) is 190 Å². The Morgan fingerprint density at radius 3 is 1.18 bits per heavy atom. The lowest BCUT2D eigenvalue weighted by Gasteiger charge is -2.47. The largest absolute Gasteiger partial charge is 0.310 e. The van der Waals surface area contributed by atoms with Crippen molar-refractivity contribution in [3.8, 4) is 22.3 Å². The number of nitrogens with zero attached hydrogens (tertiary/aromatic N) is 3. The molecule has 14 rings (SSSR count). The average Bonchev–Trinajstić information content (AvgIpc) is 1.08. The Bertz CT molecular complexity index is 4250. The molecule has 11 aromatic rings. The fourth-order valence-electron chi connectivity index (χ4n) is 14.9. The molecule has 3 aliphatic rings. The van der Waals surface area contributed by atoms with Gasteiger partial charge in [0, 0.05) is 39.3 Å². The summed E-state index contributed by atoms with van der Waals surface area (Å²) in [5, 5.41) is 0. The summed E-state index contributed by atoms with van der Waals surface area (Å²) in [7, 11) is 0. The standard InChI is InChI=1S/C81H73N3/c1-50-25-36-62(37-26-50)84-75-24-18-17-23-71(75)81(74-47-51(2)27-46-76(74)84,58-32-38-60(39-33-58)82(77-54(5)30-28-52(3)56(77)7)63-42-44-67-65-19-13-15-21-69(65)79(9,10)72(67)48-63)59-34-40-61(41-35-59)83(78-55(6)31-29-53(4)57(78)8)64-43-45-68-66-20-14-16-22-70(66)80(11,12)73(68)49-64/h13-49H,1-12H3. The van der Waals surface area contributed by atoms with Crippen LogP contribution in [0.1, 0.15) is 117 Å². The minimum Gasteiger partial charge on any atom is -0.310 e. The fraction of sp³-hybridized carbons (Fsp3) is 0.185. The third kappa shape index (κ3) is 7.84. The van der Waals surface area contributed by atoms with Gasteiger partial charge in [0.2, 0.25) is 0 Å². The Hall–Kier alpha value is -9.18. The summed E-state index contributed by atoms with van der Waals surface area (Å²) in [4.78, 5) is 7.54. The lowest BCUT2D eigenvalue weighted by Crippen LogP contribution is -2.38. The molecule has 0 unspecified atom stereocenters. The Balaban J connectivity index is 0.989. The van der Waals surface area contributed by atoms with Crippen molar-refractivity contribution >= 4 is 51.2 Å². The Labute approximate surface area is 498 Å². The molecule has 0 spiro atoms. The zero-order valence-corrected chi connectivity index (χ0v) is 50.7. The lowest BCUT2D eigenvalue weighted by molar-refractivity contribution is 0.660. The highest BCUT2D eigenvalue weighted by atomic mass is 15.2. The van der Waals surface area contributed by atoms with E-state index in [2.05, 4.69) is 322 Å². The first-order chi connectivity index (χ1) is 40.5. The number of benzene rings is 11. The van der Waals surface area contributed by atoms with Crippen LogP contribution in [0.3, 0.4) is 0 Å². The number of fused-ring (bicyclic) bond motifs is 8. The molecule has 0 saturated carbocycles. The van der Waals surface area contributed by atoms with E-state index in [0.29, 0.717) is 0 Å². The Morgan fingerprint density at radius 2 is 0.690 bits per heavy atom. The molecule has 0 aromatic heterocycles. The van der Waals surface area contributed by atoms with Crippen LogP contribution in [-0.4, -0.2) is 0 Å². The van der Waals surface area contributed by atoms with E-state index >= 15 is 0 Å². The predicted molar refractivity (Wildman–Crippen MR) is 355 cm³/mol.